The Bertz CT molecular complexity index is 362. The molecule has 1 aliphatic rings. The van der Waals surface area contributed by atoms with Crippen molar-refractivity contribution in [2.24, 2.45) is 0 Å². The Morgan fingerprint density at radius 3 is 2.69 bits per heavy atom. The van der Waals surface area contributed by atoms with Crippen LogP contribution in [0.5, 0.6) is 0 Å². The van der Waals surface area contributed by atoms with E-state index in [0.29, 0.717) is 5.02 Å². The third-order valence-electron chi connectivity index (χ3n) is 3.06. The lowest BCUT2D eigenvalue weighted by Crippen LogP contribution is -2.35. The fourth-order valence-electron chi connectivity index (χ4n) is 2.03. The van der Waals surface area contributed by atoms with Gasteiger partial charge in [-0.2, -0.15) is 0 Å². The summed E-state index contributed by atoms with van der Waals surface area (Å²) in [5.41, 5.74) is 7.77. The molecule has 16 heavy (non-hydrogen) atoms. The molecule has 0 spiro atoms. The van der Waals surface area contributed by atoms with Crippen LogP contribution < -0.4 is 5.73 Å². The maximum Gasteiger partial charge on any atom is 0.0564 e. The molecule has 0 amide bonds. The number of halogens is 1. The minimum Gasteiger partial charge on any atom is -0.398 e. The Balaban J connectivity index is 1.98. The van der Waals surface area contributed by atoms with E-state index in [4.69, 9.17) is 17.3 Å². The van der Waals surface area contributed by atoms with Gasteiger partial charge < -0.3 is 10.8 Å². The maximum absolute atomic E-state index is 9.42. The third-order valence-corrected chi connectivity index (χ3v) is 3.29. The number of nitrogens with zero attached hydrogens (tertiary/aromatic N) is 1. The summed E-state index contributed by atoms with van der Waals surface area (Å²) in [5.74, 6) is 0. The molecule has 3 nitrogen and oxygen atoms in total. The number of piperidine rings is 1. The molecule has 4 heteroatoms. The molecule has 0 saturated carbocycles. The number of nitrogen functional groups attached to an aromatic ring is 1. The van der Waals surface area contributed by atoms with Crippen molar-refractivity contribution in [2.45, 2.75) is 25.5 Å². The summed E-state index contributed by atoms with van der Waals surface area (Å²) in [6.45, 7) is 2.71. The number of benzene rings is 1. The lowest BCUT2D eigenvalue weighted by atomic mass is 10.1. The number of aliphatic hydroxyl groups is 1. The van der Waals surface area contributed by atoms with Crippen molar-refractivity contribution in [3.05, 3.63) is 28.8 Å². The Kier molecular flexibility index (Phi) is 3.69. The zero-order chi connectivity index (χ0) is 11.5. The number of likely N-dealkylation sites (tertiary alicyclic amines) is 1. The van der Waals surface area contributed by atoms with E-state index in [1.807, 2.05) is 12.1 Å². The third kappa shape index (κ3) is 2.88. The molecule has 0 aromatic heterocycles. The first-order chi connectivity index (χ1) is 7.65. The summed E-state index contributed by atoms with van der Waals surface area (Å²) in [7, 11) is 0. The van der Waals surface area contributed by atoms with E-state index in [1.165, 1.54) is 0 Å². The topological polar surface area (TPSA) is 49.5 Å². The normalized spacial score (nSPS) is 18.9. The zero-order valence-electron chi connectivity index (χ0n) is 9.19. The van der Waals surface area contributed by atoms with Crippen LogP contribution >= 0.6 is 11.6 Å². The van der Waals surface area contributed by atoms with Gasteiger partial charge in [-0.3, -0.25) is 4.90 Å². The highest BCUT2D eigenvalue weighted by molar-refractivity contribution is 6.30. The van der Waals surface area contributed by atoms with Gasteiger partial charge in [0.05, 0.1) is 6.10 Å². The molecule has 88 valence electrons. The second kappa shape index (κ2) is 5.04. The van der Waals surface area contributed by atoms with Crippen LogP contribution in [-0.4, -0.2) is 29.2 Å². The van der Waals surface area contributed by atoms with Crippen LogP contribution in [-0.2, 0) is 6.54 Å². The molecule has 0 atom stereocenters. The quantitative estimate of drug-likeness (QED) is 0.776. The first-order valence-electron chi connectivity index (χ1n) is 5.59. The van der Waals surface area contributed by atoms with Crippen LogP contribution in [0.1, 0.15) is 18.4 Å². The van der Waals surface area contributed by atoms with Gasteiger partial charge in [0.15, 0.2) is 0 Å². The summed E-state index contributed by atoms with van der Waals surface area (Å²) >= 11 is 5.85. The number of rotatable bonds is 2. The summed E-state index contributed by atoms with van der Waals surface area (Å²) in [4.78, 5) is 2.31. The van der Waals surface area contributed by atoms with E-state index in [1.54, 1.807) is 6.07 Å². The molecule has 1 heterocycles. The average molecular weight is 241 g/mol. The summed E-state index contributed by atoms with van der Waals surface area (Å²) < 4.78 is 0. The molecule has 0 aliphatic carbocycles. The molecular formula is C12H17ClN2O. The van der Waals surface area contributed by atoms with Crippen LogP contribution in [0.2, 0.25) is 5.02 Å². The highest BCUT2D eigenvalue weighted by Crippen LogP contribution is 2.21. The molecular weight excluding hydrogens is 224 g/mol. The van der Waals surface area contributed by atoms with Gasteiger partial charge in [0.25, 0.3) is 0 Å². The fourth-order valence-corrected chi connectivity index (χ4v) is 2.21. The predicted octanol–water partition coefficient (Wildman–Crippen LogP) is 1.88. The van der Waals surface area contributed by atoms with Gasteiger partial charge in [-0.05, 0) is 30.5 Å². The average Bonchev–Trinajstić information content (AvgIpc) is 2.25. The second-order valence-corrected chi connectivity index (χ2v) is 4.79. The number of hydrogen-bond acceptors (Lipinski definition) is 3. The lowest BCUT2D eigenvalue weighted by molar-refractivity contribution is 0.0793. The van der Waals surface area contributed by atoms with Crippen LogP contribution in [0.25, 0.3) is 0 Å². The smallest absolute Gasteiger partial charge is 0.0564 e. The number of anilines is 1. The van der Waals surface area contributed by atoms with Crippen LogP contribution in [0, 0.1) is 0 Å². The summed E-state index contributed by atoms with van der Waals surface area (Å²) in [5, 5.41) is 10.1. The van der Waals surface area contributed by atoms with E-state index < -0.39 is 0 Å². The molecule has 1 aliphatic heterocycles. The maximum atomic E-state index is 9.42. The largest absolute Gasteiger partial charge is 0.398 e. The monoisotopic (exact) mass is 240 g/mol. The van der Waals surface area contributed by atoms with Crippen LogP contribution in [0.3, 0.4) is 0 Å². The van der Waals surface area contributed by atoms with Crippen LogP contribution in [0.15, 0.2) is 18.2 Å². The van der Waals surface area contributed by atoms with Gasteiger partial charge >= 0.3 is 0 Å². The fraction of sp³-hybridized carbons (Fsp3) is 0.500. The molecule has 1 aromatic rings. The highest BCUT2D eigenvalue weighted by Gasteiger charge is 2.17. The van der Waals surface area contributed by atoms with Gasteiger partial charge in [-0.25, -0.2) is 0 Å². The molecule has 1 aromatic carbocycles. The molecule has 0 bridgehead atoms. The number of hydrogen-bond donors (Lipinski definition) is 2. The standard InChI is InChI=1S/C12H17ClN2O/c13-10-2-1-9(12(14)7-10)8-15-5-3-11(16)4-6-15/h1-2,7,11,16H,3-6,8,14H2. The van der Waals surface area contributed by atoms with Crippen molar-refractivity contribution in [1.82, 2.24) is 4.90 Å². The van der Waals surface area contributed by atoms with Gasteiger partial charge in [-0.15, -0.1) is 0 Å². The van der Waals surface area contributed by atoms with Gasteiger partial charge in [0, 0.05) is 30.3 Å². The number of nitrogens with two attached hydrogens (primary N) is 1. The van der Waals surface area contributed by atoms with E-state index >= 15 is 0 Å². The Labute approximate surface area is 101 Å². The molecule has 3 N–H and O–H groups in total. The first kappa shape index (κ1) is 11.7. The Morgan fingerprint density at radius 1 is 1.38 bits per heavy atom. The van der Waals surface area contributed by atoms with E-state index in [9.17, 15) is 5.11 Å². The minimum absolute atomic E-state index is 0.126. The first-order valence-corrected chi connectivity index (χ1v) is 5.97. The van der Waals surface area contributed by atoms with Crippen molar-refractivity contribution in [3.8, 4) is 0 Å². The Morgan fingerprint density at radius 2 is 2.06 bits per heavy atom. The van der Waals surface area contributed by atoms with Gasteiger partial charge in [0.1, 0.15) is 0 Å². The SMILES string of the molecule is Nc1cc(Cl)ccc1CN1CCC(O)CC1. The minimum atomic E-state index is -0.126. The predicted molar refractivity (Wildman–Crippen MR) is 66.4 cm³/mol. The molecule has 0 unspecified atom stereocenters. The second-order valence-electron chi connectivity index (χ2n) is 4.35. The molecule has 0 radical (unpaired) electrons. The number of aliphatic hydroxyl groups excluding tert-OH is 1. The molecule has 1 saturated heterocycles. The lowest BCUT2D eigenvalue weighted by Gasteiger charge is -2.29. The van der Waals surface area contributed by atoms with E-state index in [0.717, 1.165) is 43.7 Å². The van der Waals surface area contributed by atoms with Gasteiger partial charge in [-0.1, -0.05) is 17.7 Å². The van der Waals surface area contributed by atoms with Gasteiger partial charge in [0.2, 0.25) is 0 Å². The van der Waals surface area contributed by atoms with Crippen molar-refractivity contribution < 1.29 is 5.11 Å². The van der Waals surface area contributed by atoms with Crippen molar-refractivity contribution in [3.63, 3.8) is 0 Å². The van der Waals surface area contributed by atoms with E-state index in [2.05, 4.69) is 4.90 Å². The van der Waals surface area contributed by atoms with Crippen molar-refractivity contribution in [2.75, 3.05) is 18.8 Å². The summed E-state index contributed by atoms with van der Waals surface area (Å²) in [6, 6.07) is 5.63. The van der Waals surface area contributed by atoms with Crippen LogP contribution in [0.4, 0.5) is 5.69 Å². The van der Waals surface area contributed by atoms with Crippen molar-refractivity contribution >= 4 is 17.3 Å². The van der Waals surface area contributed by atoms with E-state index in [-0.39, 0.29) is 6.10 Å². The zero-order valence-corrected chi connectivity index (χ0v) is 9.95. The molecule has 2 rings (SSSR count). The Hall–Kier alpha value is -0.770. The highest BCUT2D eigenvalue weighted by atomic mass is 35.5. The summed E-state index contributed by atoms with van der Waals surface area (Å²) in [6.07, 6.45) is 1.58. The van der Waals surface area contributed by atoms with Crippen molar-refractivity contribution in [1.29, 1.82) is 0 Å². The molecule has 1 fully saturated rings.